The fraction of sp³-hybridized carbons (Fsp3) is 0.444. The standard InChI is InChI=1S/C27H31FN8O2S/c1-17-8-12-35(15-17)23-7-11-30-26(34-23)24(18-5-9-29-10-6-18)25-20-14-33-36(27(20)32-16-31-25)22-4-3-19(13-21(22)28)39(2,37)38/h3-4,7,11,13-14,16-18,24,29H,5-6,8-10,12,15H2,1-2H3. The lowest BCUT2D eigenvalue weighted by molar-refractivity contribution is 0.333. The molecule has 1 aromatic carbocycles. The molecule has 0 radical (unpaired) electrons. The third kappa shape index (κ3) is 4.98. The Morgan fingerprint density at radius 2 is 1.92 bits per heavy atom. The van der Waals surface area contributed by atoms with Crippen molar-refractivity contribution in [1.82, 2.24) is 35.0 Å². The van der Waals surface area contributed by atoms with Crippen LogP contribution in [0.2, 0.25) is 0 Å². The third-order valence-corrected chi connectivity index (χ3v) is 8.92. The average Bonchev–Trinajstić information content (AvgIpc) is 3.56. The first-order valence-electron chi connectivity index (χ1n) is 13.3. The molecule has 2 unspecified atom stereocenters. The predicted molar refractivity (Wildman–Crippen MR) is 145 cm³/mol. The average molecular weight is 551 g/mol. The van der Waals surface area contributed by atoms with Crippen LogP contribution in [0.15, 0.2) is 47.9 Å². The highest BCUT2D eigenvalue weighted by molar-refractivity contribution is 7.90. The normalized spacial score (nSPS) is 19.6. The van der Waals surface area contributed by atoms with Crippen LogP contribution in [0.3, 0.4) is 0 Å². The summed E-state index contributed by atoms with van der Waals surface area (Å²) in [6.45, 7) is 6.01. The van der Waals surface area contributed by atoms with E-state index in [4.69, 9.17) is 15.0 Å². The monoisotopic (exact) mass is 550 g/mol. The van der Waals surface area contributed by atoms with E-state index >= 15 is 4.39 Å². The van der Waals surface area contributed by atoms with Crippen LogP contribution in [0.1, 0.15) is 43.6 Å². The van der Waals surface area contributed by atoms with Crippen LogP contribution < -0.4 is 10.2 Å². The van der Waals surface area contributed by atoms with Crippen molar-refractivity contribution in [2.45, 2.75) is 37.0 Å². The predicted octanol–water partition coefficient (Wildman–Crippen LogP) is 3.13. The molecule has 5 heterocycles. The second kappa shape index (κ2) is 10.2. The summed E-state index contributed by atoms with van der Waals surface area (Å²) in [5.41, 5.74) is 1.31. The van der Waals surface area contributed by atoms with Gasteiger partial charge in [-0.05, 0) is 68.5 Å². The number of halogens is 1. The van der Waals surface area contributed by atoms with E-state index in [2.05, 4.69) is 27.2 Å². The van der Waals surface area contributed by atoms with Gasteiger partial charge in [-0.25, -0.2) is 37.4 Å². The van der Waals surface area contributed by atoms with Crippen LogP contribution in [0, 0.1) is 17.7 Å². The molecule has 3 aromatic heterocycles. The molecule has 0 aliphatic carbocycles. The van der Waals surface area contributed by atoms with Gasteiger partial charge < -0.3 is 10.2 Å². The molecule has 0 saturated carbocycles. The van der Waals surface area contributed by atoms with Gasteiger partial charge >= 0.3 is 0 Å². The van der Waals surface area contributed by atoms with E-state index in [1.807, 2.05) is 12.3 Å². The highest BCUT2D eigenvalue weighted by Gasteiger charge is 2.33. The zero-order valence-corrected chi connectivity index (χ0v) is 22.8. The van der Waals surface area contributed by atoms with E-state index in [0.717, 1.165) is 75.1 Å². The van der Waals surface area contributed by atoms with E-state index in [1.54, 1.807) is 6.20 Å². The first kappa shape index (κ1) is 25.8. The number of hydrogen-bond acceptors (Lipinski definition) is 9. The van der Waals surface area contributed by atoms with Crippen molar-refractivity contribution in [1.29, 1.82) is 0 Å². The molecule has 0 spiro atoms. The Morgan fingerprint density at radius 1 is 1.10 bits per heavy atom. The molecule has 6 rings (SSSR count). The summed E-state index contributed by atoms with van der Waals surface area (Å²) in [5, 5.41) is 8.58. The second-order valence-corrected chi connectivity index (χ2v) is 12.6. The summed E-state index contributed by atoms with van der Waals surface area (Å²) in [6, 6.07) is 5.77. The minimum Gasteiger partial charge on any atom is -0.356 e. The van der Waals surface area contributed by atoms with Gasteiger partial charge in [-0.3, -0.25) is 0 Å². The minimum absolute atomic E-state index is 0.0917. The number of aromatic nitrogens is 6. The Hall–Kier alpha value is -3.51. The number of nitrogens with zero attached hydrogens (tertiary/aromatic N) is 7. The van der Waals surface area contributed by atoms with Crippen LogP contribution in [-0.4, -0.2) is 70.6 Å². The molecule has 204 valence electrons. The number of rotatable bonds is 6. The van der Waals surface area contributed by atoms with Gasteiger partial charge in [-0.15, -0.1) is 0 Å². The maximum atomic E-state index is 15.1. The third-order valence-electron chi connectivity index (χ3n) is 7.81. The number of hydrogen-bond donors (Lipinski definition) is 1. The minimum atomic E-state index is -3.55. The highest BCUT2D eigenvalue weighted by Crippen LogP contribution is 2.38. The lowest BCUT2D eigenvalue weighted by Gasteiger charge is -2.30. The lowest BCUT2D eigenvalue weighted by Crippen LogP contribution is -2.32. The van der Waals surface area contributed by atoms with Crippen molar-refractivity contribution in [2.24, 2.45) is 11.8 Å². The molecule has 1 N–H and O–H groups in total. The fourth-order valence-electron chi connectivity index (χ4n) is 5.74. The molecule has 2 atom stereocenters. The number of fused-ring (bicyclic) bond motifs is 1. The maximum Gasteiger partial charge on any atom is 0.175 e. The van der Waals surface area contributed by atoms with Crippen LogP contribution in [-0.2, 0) is 9.84 Å². The Morgan fingerprint density at radius 3 is 2.64 bits per heavy atom. The molecular weight excluding hydrogens is 519 g/mol. The molecular formula is C27H31FN8O2S. The molecule has 0 bridgehead atoms. The van der Waals surface area contributed by atoms with Gasteiger partial charge in [-0.2, -0.15) is 5.10 Å². The van der Waals surface area contributed by atoms with Gasteiger partial charge in [-0.1, -0.05) is 6.92 Å². The van der Waals surface area contributed by atoms with Crippen molar-refractivity contribution in [3.8, 4) is 5.69 Å². The first-order chi connectivity index (χ1) is 18.8. The largest absolute Gasteiger partial charge is 0.356 e. The van der Waals surface area contributed by atoms with Gasteiger partial charge in [0.05, 0.1) is 28.1 Å². The van der Waals surface area contributed by atoms with E-state index in [0.29, 0.717) is 17.0 Å². The van der Waals surface area contributed by atoms with E-state index in [-0.39, 0.29) is 22.4 Å². The van der Waals surface area contributed by atoms with Crippen molar-refractivity contribution in [2.75, 3.05) is 37.3 Å². The molecule has 4 aromatic rings. The fourth-order valence-corrected chi connectivity index (χ4v) is 6.38. The Balaban J connectivity index is 1.45. The topological polar surface area (TPSA) is 119 Å². The molecule has 2 fully saturated rings. The number of anilines is 1. The number of nitrogens with one attached hydrogen (secondary N) is 1. The first-order valence-corrected chi connectivity index (χ1v) is 15.2. The summed E-state index contributed by atoms with van der Waals surface area (Å²) < 4.78 is 40.3. The van der Waals surface area contributed by atoms with E-state index in [9.17, 15) is 8.42 Å². The van der Waals surface area contributed by atoms with Crippen molar-refractivity contribution >= 4 is 26.7 Å². The summed E-state index contributed by atoms with van der Waals surface area (Å²) in [4.78, 5) is 21.2. The van der Waals surface area contributed by atoms with E-state index in [1.165, 1.54) is 23.1 Å². The molecule has 10 nitrogen and oxygen atoms in total. The summed E-state index contributed by atoms with van der Waals surface area (Å²) in [7, 11) is -3.55. The van der Waals surface area contributed by atoms with Gasteiger partial charge in [0.25, 0.3) is 0 Å². The van der Waals surface area contributed by atoms with Crippen LogP contribution in [0.25, 0.3) is 16.7 Å². The highest BCUT2D eigenvalue weighted by atomic mass is 32.2. The molecule has 2 aliphatic rings. The summed E-state index contributed by atoms with van der Waals surface area (Å²) in [6.07, 6.45) is 9.03. The van der Waals surface area contributed by atoms with Crippen molar-refractivity contribution in [3.63, 3.8) is 0 Å². The zero-order valence-electron chi connectivity index (χ0n) is 22.0. The zero-order chi connectivity index (χ0) is 27.1. The smallest absolute Gasteiger partial charge is 0.175 e. The van der Waals surface area contributed by atoms with E-state index < -0.39 is 15.7 Å². The van der Waals surface area contributed by atoms with Gasteiger partial charge in [0.2, 0.25) is 0 Å². The quantitative estimate of drug-likeness (QED) is 0.386. The lowest BCUT2D eigenvalue weighted by atomic mass is 9.81. The van der Waals surface area contributed by atoms with Gasteiger partial charge in [0, 0.05) is 25.5 Å². The van der Waals surface area contributed by atoms with Crippen LogP contribution >= 0.6 is 0 Å². The number of piperidine rings is 1. The Kier molecular flexibility index (Phi) is 6.76. The van der Waals surface area contributed by atoms with Gasteiger partial charge in [0.15, 0.2) is 15.5 Å². The molecule has 39 heavy (non-hydrogen) atoms. The van der Waals surface area contributed by atoms with Crippen molar-refractivity contribution in [3.05, 3.63) is 60.3 Å². The Labute approximate surface area is 226 Å². The molecule has 12 heteroatoms. The van der Waals surface area contributed by atoms with Crippen molar-refractivity contribution < 1.29 is 12.8 Å². The molecule has 0 amide bonds. The van der Waals surface area contributed by atoms with Crippen LogP contribution in [0.5, 0.6) is 0 Å². The number of benzene rings is 1. The molecule has 2 saturated heterocycles. The summed E-state index contributed by atoms with van der Waals surface area (Å²) in [5.74, 6) is 1.64. The number of sulfone groups is 1. The second-order valence-electron chi connectivity index (χ2n) is 10.6. The Bertz CT molecular complexity index is 1620. The van der Waals surface area contributed by atoms with Gasteiger partial charge in [0.1, 0.15) is 29.5 Å². The molecule has 2 aliphatic heterocycles. The maximum absolute atomic E-state index is 15.1. The van der Waals surface area contributed by atoms with Crippen LogP contribution in [0.4, 0.5) is 10.2 Å². The summed E-state index contributed by atoms with van der Waals surface area (Å²) >= 11 is 0. The SMILES string of the molecule is CC1CCN(c2ccnc(C(c3ncnc4c3cnn4-c3ccc(S(C)(=O)=O)cc3F)C3CCNCC3)n2)C1.